The fourth-order valence-corrected chi connectivity index (χ4v) is 0.510. The molecule has 0 aliphatic rings. The molecule has 0 aromatic carbocycles. The number of aromatic hydroxyl groups is 1. The fraction of sp³-hybridized carbons (Fsp3) is 0.400. The molecule has 5 heteroatoms. The molecular weight excluding hydrogens is 136 g/mol. The number of aliphatic hydroxyl groups is 1. The highest BCUT2D eigenvalue weighted by Crippen LogP contribution is 2.02. The Bertz CT molecular complexity index is 199. The summed E-state index contributed by atoms with van der Waals surface area (Å²) < 4.78 is 0. The van der Waals surface area contributed by atoms with E-state index in [0.29, 0.717) is 0 Å². The Hall–Kier alpha value is -1.23. The highest BCUT2D eigenvalue weighted by molar-refractivity contribution is 5.02. The van der Waals surface area contributed by atoms with Crippen molar-refractivity contribution in [2.24, 2.45) is 0 Å². The van der Waals surface area contributed by atoms with Crippen LogP contribution in [-0.4, -0.2) is 33.4 Å². The molecule has 0 saturated carbocycles. The monoisotopic (exact) mass is 144 g/mol. The smallest absolute Gasteiger partial charge is 0.247 e. The minimum atomic E-state index is -0.0979. The first-order valence-corrected chi connectivity index (χ1v) is 2.81. The molecule has 0 atom stereocenters. The number of hydrogen-bond donors (Lipinski definition) is 2. The van der Waals surface area contributed by atoms with Crippen molar-refractivity contribution in [3.63, 3.8) is 0 Å². The lowest BCUT2D eigenvalue weighted by molar-refractivity contribution is 0.0408. The zero-order chi connectivity index (χ0) is 7.40. The number of hydrogen-bond acceptors (Lipinski definition) is 4. The molecule has 0 fully saturated rings. The summed E-state index contributed by atoms with van der Waals surface area (Å²) in [6.07, 6.45) is 1.40. The van der Waals surface area contributed by atoms with Gasteiger partial charge >= 0.3 is 0 Å². The van der Waals surface area contributed by atoms with Crippen LogP contribution in [0.25, 0.3) is 0 Å². The Balaban J connectivity index is 2.49. The summed E-state index contributed by atoms with van der Waals surface area (Å²) in [5.41, 5.74) is 0. The maximum Gasteiger partial charge on any atom is 0.247 e. The second-order valence-corrected chi connectivity index (χ2v) is 1.62. The van der Waals surface area contributed by atoms with Gasteiger partial charge in [0.15, 0.2) is 0 Å². The van der Waals surface area contributed by atoms with Gasteiger partial charge in [0.05, 0.1) is 12.8 Å². The summed E-state index contributed by atoms with van der Waals surface area (Å²) in [6, 6.07) is 1.39. The zero-order valence-electron chi connectivity index (χ0n) is 5.27. The molecule has 0 saturated heterocycles. The second kappa shape index (κ2) is 3.07. The van der Waals surface area contributed by atoms with Crippen LogP contribution >= 0.6 is 0 Å². The molecule has 0 aliphatic heterocycles. The van der Waals surface area contributed by atoms with Crippen molar-refractivity contribution in [1.82, 2.24) is 9.94 Å². The third-order valence-corrected chi connectivity index (χ3v) is 0.896. The molecule has 0 bridgehead atoms. The van der Waals surface area contributed by atoms with E-state index >= 15 is 0 Å². The van der Waals surface area contributed by atoms with E-state index < -0.39 is 0 Å². The fourth-order valence-electron chi connectivity index (χ4n) is 0.510. The number of aromatic nitrogens is 2. The number of aliphatic hydroxyl groups excluding tert-OH is 1. The van der Waals surface area contributed by atoms with Crippen molar-refractivity contribution in [3.05, 3.63) is 12.3 Å². The Morgan fingerprint density at radius 2 is 2.50 bits per heavy atom. The Labute approximate surface area is 57.4 Å². The third kappa shape index (κ3) is 1.38. The van der Waals surface area contributed by atoms with Crippen molar-refractivity contribution < 1.29 is 15.1 Å². The topological polar surface area (TPSA) is 67.5 Å². The highest BCUT2D eigenvalue weighted by Gasteiger charge is 1.97. The molecule has 2 N–H and O–H groups in total. The summed E-state index contributed by atoms with van der Waals surface area (Å²) >= 11 is 0. The first-order chi connectivity index (χ1) is 4.84. The van der Waals surface area contributed by atoms with Crippen LogP contribution in [0.2, 0.25) is 0 Å². The van der Waals surface area contributed by atoms with Gasteiger partial charge in [-0.3, -0.25) is 0 Å². The highest BCUT2D eigenvalue weighted by atomic mass is 16.7. The Morgan fingerprint density at radius 3 is 3.00 bits per heavy atom. The van der Waals surface area contributed by atoms with E-state index in [9.17, 15) is 0 Å². The van der Waals surface area contributed by atoms with Gasteiger partial charge < -0.3 is 15.1 Å². The maximum atomic E-state index is 8.87. The van der Waals surface area contributed by atoms with Gasteiger partial charge in [-0.15, -0.1) is 5.10 Å². The van der Waals surface area contributed by atoms with Gasteiger partial charge in [-0.05, 0) is 0 Å². The van der Waals surface area contributed by atoms with Crippen molar-refractivity contribution >= 4 is 0 Å². The molecule has 1 aromatic heterocycles. The number of nitrogens with zero attached hydrogens (tertiary/aromatic N) is 2. The first kappa shape index (κ1) is 6.88. The summed E-state index contributed by atoms with van der Waals surface area (Å²) in [6.45, 7) is 0.0224. The molecule has 0 aliphatic carbocycles. The van der Waals surface area contributed by atoms with Crippen LogP contribution in [0.5, 0.6) is 5.88 Å². The molecule has 1 aromatic rings. The van der Waals surface area contributed by atoms with E-state index in [1.165, 1.54) is 12.3 Å². The molecule has 0 spiro atoms. The predicted molar refractivity (Wildman–Crippen MR) is 32.4 cm³/mol. The molecule has 56 valence electrons. The van der Waals surface area contributed by atoms with E-state index in [1.54, 1.807) is 0 Å². The molecule has 0 radical (unpaired) electrons. The van der Waals surface area contributed by atoms with Gasteiger partial charge in [-0.25, -0.2) is 0 Å². The van der Waals surface area contributed by atoms with Crippen molar-refractivity contribution in [1.29, 1.82) is 0 Å². The molecule has 1 rings (SSSR count). The normalized spacial score (nSPS) is 9.70. The summed E-state index contributed by atoms with van der Waals surface area (Å²) in [7, 11) is 0. The van der Waals surface area contributed by atoms with E-state index in [0.717, 1.165) is 4.85 Å². The summed E-state index contributed by atoms with van der Waals surface area (Å²) in [5, 5.41) is 20.8. The zero-order valence-corrected chi connectivity index (χ0v) is 5.27. The predicted octanol–water partition coefficient (Wildman–Crippen LogP) is -0.990. The largest absolute Gasteiger partial charge is 0.491 e. The molecular formula is C5H8N2O3. The molecule has 5 nitrogen and oxygen atoms in total. The average Bonchev–Trinajstić information content (AvgIpc) is 2.31. The van der Waals surface area contributed by atoms with Gasteiger partial charge in [0.1, 0.15) is 6.61 Å². The average molecular weight is 144 g/mol. The van der Waals surface area contributed by atoms with E-state index in [-0.39, 0.29) is 19.1 Å². The lowest BCUT2D eigenvalue weighted by atomic mass is 10.7. The van der Waals surface area contributed by atoms with Crippen molar-refractivity contribution in [3.8, 4) is 5.88 Å². The van der Waals surface area contributed by atoms with Crippen LogP contribution in [0.4, 0.5) is 0 Å². The number of rotatable bonds is 3. The van der Waals surface area contributed by atoms with Crippen LogP contribution < -0.4 is 4.84 Å². The lowest BCUT2D eigenvalue weighted by Gasteiger charge is -2.01. The third-order valence-electron chi connectivity index (χ3n) is 0.896. The SMILES string of the molecule is OCCOn1nccc1O. The van der Waals surface area contributed by atoms with Crippen LogP contribution in [0.15, 0.2) is 12.3 Å². The van der Waals surface area contributed by atoms with E-state index in [2.05, 4.69) is 5.10 Å². The molecule has 1 heterocycles. The van der Waals surface area contributed by atoms with Crippen LogP contribution in [0, 0.1) is 0 Å². The standard InChI is InChI=1S/C5H8N2O3/c8-3-4-10-7-5(9)1-2-6-7/h1-2,8-9H,3-4H2. The van der Waals surface area contributed by atoms with Crippen molar-refractivity contribution in [2.75, 3.05) is 13.2 Å². The second-order valence-electron chi connectivity index (χ2n) is 1.62. The van der Waals surface area contributed by atoms with Gasteiger partial charge in [0, 0.05) is 6.07 Å². The minimum absolute atomic E-state index is 0.0755. The Kier molecular flexibility index (Phi) is 2.11. The van der Waals surface area contributed by atoms with Gasteiger partial charge in [0.25, 0.3) is 0 Å². The minimum Gasteiger partial charge on any atom is -0.491 e. The van der Waals surface area contributed by atoms with Gasteiger partial charge in [0.2, 0.25) is 5.88 Å². The summed E-state index contributed by atoms with van der Waals surface area (Å²) in [4.78, 5) is 5.67. The van der Waals surface area contributed by atoms with Crippen LogP contribution in [0.3, 0.4) is 0 Å². The molecule has 0 amide bonds. The Morgan fingerprint density at radius 1 is 1.70 bits per heavy atom. The van der Waals surface area contributed by atoms with E-state index in [4.69, 9.17) is 15.1 Å². The van der Waals surface area contributed by atoms with E-state index in [1.807, 2.05) is 0 Å². The van der Waals surface area contributed by atoms with Crippen LogP contribution in [-0.2, 0) is 0 Å². The van der Waals surface area contributed by atoms with Crippen LogP contribution in [0.1, 0.15) is 0 Å². The van der Waals surface area contributed by atoms with Gasteiger partial charge in [-0.1, -0.05) is 4.85 Å². The molecule has 10 heavy (non-hydrogen) atoms. The lowest BCUT2D eigenvalue weighted by Crippen LogP contribution is -2.15. The summed E-state index contributed by atoms with van der Waals surface area (Å²) in [5.74, 6) is -0.0755. The van der Waals surface area contributed by atoms with Crippen molar-refractivity contribution in [2.45, 2.75) is 0 Å². The maximum absolute atomic E-state index is 8.87. The van der Waals surface area contributed by atoms with Gasteiger partial charge in [-0.2, -0.15) is 0 Å². The molecule has 0 unspecified atom stereocenters. The quantitative estimate of drug-likeness (QED) is 0.571. The first-order valence-electron chi connectivity index (χ1n) is 2.81.